The highest BCUT2D eigenvalue weighted by Gasteiger charge is 2.04. The second-order valence-corrected chi connectivity index (χ2v) is 4.21. The van der Waals surface area contributed by atoms with E-state index in [4.69, 9.17) is 0 Å². The Bertz CT molecular complexity index is 497. The van der Waals surface area contributed by atoms with Crippen molar-refractivity contribution in [2.45, 2.75) is 19.9 Å². The molecule has 17 heavy (non-hydrogen) atoms. The third-order valence-electron chi connectivity index (χ3n) is 3.07. The zero-order chi connectivity index (χ0) is 12.1. The van der Waals surface area contributed by atoms with E-state index in [1.54, 1.807) is 0 Å². The van der Waals surface area contributed by atoms with Gasteiger partial charge in [0.1, 0.15) is 0 Å². The molecule has 1 aromatic carbocycles. The first kappa shape index (κ1) is 11.9. The van der Waals surface area contributed by atoms with Crippen LogP contribution in [0.15, 0.2) is 43.1 Å². The molecule has 1 aromatic heterocycles. The molecule has 1 N–H and O–H groups in total. The van der Waals surface area contributed by atoms with Gasteiger partial charge < -0.3 is 9.88 Å². The Kier molecular flexibility index (Phi) is 3.99. The monoisotopic (exact) mass is 228 g/mol. The molecule has 0 radical (unpaired) electrons. The van der Waals surface area contributed by atoms with Gasteiger partial charge in [0, 0.05) is 25.8 Å². The number of nitrogens with one attached hydrogen (secondary N) is 1. The molecule has 0 atom stereocenters. The molecule has 0 amide bonds. The fraction of sp³-hybridized carbons (Fsp3) is 0.333. The van der Waals surface area contributed by atoms with E-state index in [0.29, 0.717) is 0 Å². The van der Waals surface area contributed by atoms with Crippen molar-refractivity contribution in [3.05, 3.63) is 48.7 Å². The molecule has 0 aliphatic heterocycles. The van der Waals surface area contributed by atoms with Crippen LogP contribution in [0, 0.1) is 0 Å². The summed E-state index contributed by atoms with van der Waals surface area (Å²) in [5.74, 6) is 0. The molecule has 1 heterocycles. The maximum atomic E-state index is 3.70. The molecular formula is C15H20N2. The largest absolute Gasteiger partial charge is 0.346 e. The van der Waals surface area contributed by atoms with Crippen molar-refractivity contribution in [2.75, 3.05) is 13.1 Å². The first-order chi connectivity index (χ1) is 8.36. The van der Waals surface area contributed by atoms with Gasteiger partial charge in [-0.1, -0.05) is 31.2 Å². The average molecular weight is 228 g/mol. The molecule has 0 saturated heterocycles. The minimum Gasteiger partial charge on any atom is -0.346 e. The van der Waals surface area contributed by atoms with E-state index in [1.165, 1.54) is 16.5 Å². The molecule has 2 aromatic rings. The van der Waals surface area contributed by atoms with Crippen molar-refractivity contribution < 1.29 is 0 Å². The van der Waals surface area contributed by atoms with Crippen LogP contribution in [-0.2, 0) is 13.0 Å². The molecule has 0 unspecified atom stereocenters. The van der Waals surface area contributed by atoms with Crippen LogP contribution in [-0.4, -0.2) is 17.7 Å². The quantitative estimate of drug-likeness (QED) is 0.594. The van der Waals surface area contributed by atoms with Gasteiger partial charge in [0.15, 0.2) is 0 Å². The molecule has 2 nitrogen and oxygen atoms in total. The van der Waals surface area contributed by atoms with Crippen molar-refractivity contribution in [2.24, 2.45) is 0 Å². The van der Waals surface area contributed by atoms with Gasteiger partial charge >= 0.3 is 0 Å². The molecule has 2 heteroatoms. The minimum atomic E-state index is 0.875. The molecule has 90 valence electrons. The van der Waals surface area contributed by atoms with Gasteiger partial charge in [-0.25, -0.2) is 0 Å². The zero-order valence-corrected chi connectivity index (χ0v) is 10.4. The summed E-state index contributed by atoms with van der Waals surface area (Å²) in [6.07, 6.45) is 5.16. The summed E-state index contributed by atoms with van der Waals surface area (Å²) in [6, 6.07) is 8.74. The van der Waals surface area contributed by atoms with E-state index in [9.17, 15) is 0 Å². The van der Waals surface area contributed by atoms with Crippen LogP contribution >= 0.6 is 0 Å². The Labute approximate surface area is 103 Å². The predicted molar refractivity (Wildman–Crippen MR) is 74.4 cm³/mol. The summed E-state index contributed by atoms with van der Waals surface area (Å²) in [5, 5.41) is 4.68. The number of benzene rings is 1. The van der Waals surface area contributed by atoms with Crippen molar-refractivity contribution in [3.8, 4) is 0 Å². The van der Waals surface area contributed by atoms with Crippen LogP contribution in [0.25, 0.3) is 10.9 Å². The standard InChI is InChI=1S/C15H20N2/c1-3-9-16-10-12-17-11-8-14-7-5-6-13(4-2)15(14)17/h3,5-8,11,16H,1,4,9-10,12H2,2H3. The van der Waals surface area contributed by atoms with E-state index in [1.807, 2.05) is 6.08 Å². The lowest BCUT2D eigenvalue weighted by molar-refractivity contribution is 0.639. The SMILES string of the molecule is C=CCNCCn1ccc2cccc(CC)c21. The Morgan fingerprint density at radius 3 is 3.00 bits per heavy atom. The molecule has 2 rings (SSSR count). The number of para-hydroxylation sites is 1. The maximum absolute atomic E-state index is 3.70. The van der Waals surface area contributed by atoms with Gasteiger partial charge in [0.05, 0.1) is 5.52 Å². The van der Waals surface area contributed by atoms with Crippen molar-refractivity contribution >= 4 is 10.9 Å². The Morgan fingerprint density at radius 2 is 2.24 bits per heavy atom. The van der Waals surface area contributed by atoms with Gasteiger partial charge in [0.25, 0.3) is 0 Å². The van der Waals surface area contributed by atoms with Gasteiger partial charge in [-0.2, -0.15) is 0 Å². The molecule has 0 bridgehead atoms. The summed E-state index contributed by atoms with van der Waals surface area (Å²) in [6.45, 7) is 8.78. The third-order valence-corrected chi connectivity index (χ3v) is 3.07. The van der Waals surface area contributed by atoms with Crippen LogP contribution in [0.4, 0.5) is 0 Å². The molecule has 0 fully saturated rings. The van der Waals surface area contributed by atoms with E-state index < -0.39 is 0 Å². The van der Waals surface area contributed by atoms with Gasteiger partial charge in [-0.3, -0.25) is 0 Å². The summed E-state index contributed by atoms with van der Waals surface area (Å²) >= 11 is 0. The van der Waals surface area contributed by atoms with Gasteiger partial charge in [0.2, 0.25) is 0 Å². The van der Waals surface area contributed by atoms with Gasteiger partial charge in [-0.05, 0) is 23.4 Å². The first-order valence-corrected chi connectivity index (χ1v) is 6.25. The molecule has 0 aliphatic rings. The Hall–Kier alpha value is -1.54. The maximum Gasteiger partial charge on any atom is 0.0513 e. The minimum absolute atomic E-state index is 0.875. The van der Waals surface area contributed by atoms with Crippen LogP contribution in [0.1, 0.15) is 12.5 Å². The Morgan fingerprint density at radius 1 is 1.35 bits per heavy atom. The summed E-state index contributed by atoms with van der Waals surface area (Å²) in [5.41, 5.74) is 2.81. The lowest BCUT2D eigenvalue weighted by atomic mass is 10.1. The zero-order valence-electron chi connectivity index (χ0n) is 10.4. The van der Waals surface area contributed by atoms with Crippen LogP contribution in [0.2, 0.25) is 0 Å². The molecule has 0 spiro atoms. The number of aryl methyl sites for hydroxylation is 1. The number of aromatic nitrogens is 1. The highest BCUT2D eigenvalue weighted by molar-refractivity contribution is 5.83. The third kappa shape index (κ3) is 2.59. The summed E-state index contributed by atoms with van der Waals surface area (Å²) < 4.78 is 2.34. The van der Waals surface area contributed by atoms with E-state index >= 15 is 0 Å². The lowest BCUT2D eigenvalue weighted by Gasteiger charge is -2.09. The molecule has 0 saturated carbocycles. The smallest absolute Gasteiger partial charge is 0.0513 e. The second-order valence-electron chi connectivity index (χ2n) is 4.21. The highest BCUT2D eigenvalue weighted by atomic mass is 15.0. The first-order valence-electron chi connectivity index (χ1n) is 6.25. The number of rotatable bonds is 6. The van der Waals surface area contributed by atoms with E-state index in [2.05, 4.69) is 53.8 Å². The summed E-state index contributed by atoms with van der Waals surface area (Å²) in [7, 11) is 0. The van der Waals surface area contributed by atoms with Gasteiger partial charge in [-0.15, -0.1) is 6.58 Å². The van der Waals surface area contributed by atoms with Crippen LogP contribution in [0.3, 0.4) is 0 Å². The van der Waals surface area contributed by atoms with Crippen LogP contribution < -0.4 is 5.32 Å². The highest BCUT2D eigenvalue weighted by Crippen LogP contribution is 2.20. The van der Waals surface area contributed by atoms with Crippen molar-refractivity contribution in [1.29, 1.82) is 0 Å². The van der Waals surface area contributed by atoms with E-state index in [0.717, 1.165) is 26.1 Å². The average Bonchev–Trinajstić information content (AvgIpc) is 2.78. The normalized spacial score (nSPS) is 10.9. The van der Waals surface area contributed by atoms with Crippen molar-refractivity contribution in [1.82, 2.24) is 9.88 Å². The predicted octanol–water partition coefficient (Wildman–Crippen LogP) is 2.98. The fourth-order valence-corrected chi connectivity index (χ4v) is 2.22. The second kappa shape index (κ2) is 5.69. The molecular weight excluding hydrogens is 208 g/mol. The van der Waals surface area contributed by atoms with E-state index in [-0.39, 0.29) is 0 Å². The summed E-state index contributed by atoms with van der Waals surface area (Å²) in [4.78, 5) is 0. The topological polar surface area (TPSA) is 17.0 Å². The Balaban J connectivity index is 2.19. The van der Waals surface area contributed by atoms with Crippen LogP contribution in [0.5, 0.6) is 0 Å². The molecule has 0 aliphatic carbocycles. The fourth-order valence-electron chi connectivity index (χ4n) is 2.22. The number of hydrogen-bond acceptors (Lipinski definition) is 1. The number of nitrogens with zero attached hydrogens (tertiary/aromatic N) is 1. The lowest BCUT2D eigenvalue weighted by Crippen LogP contribution is -2.19. The number of fused-ring (bicyclic) bond motifs is 1. The van der Waals surface area contributed by atoms with Crippen molar-refractivity contribution in [3.63, 3.8) is 0 Å². The number of hydrogen-bond donors (Lipinski definition) is 1.